The van der Waals surface area contributed by atoms with Crippen molar-refractivity contribution in [2.24, 2.45) is 4.99 Å². The topological polar surface area (TPSA) is 24.4 Å². The molecule has 88 valence electrons. The molecule has 2 aliphatic rings. The van der Waals surface area contributed by atoms with Crippen molar-refractivity contribution in [1.29, 1.82) is 0 Å². The van der Waals surface area contributed by atoms with Crippen molar-refractivity contribution in [3.63, 3.8) is 0 Å². The third kappa shape index (κ3) is 2.12. The highest BCUT2D eigenvalue weighted by Gasteiger charge is 2.16. The molecule has 0 saturated heterocycles. The van der Waals surface area contributed by atoms with Crippen molar-refractivity contribution in [1.82, 2.24) is 5.32 Å². The number of benzene rings is 1. The molecule has 1 aromatic carbocycles. The van der Waals surface area contributed by atoms with Gasteiger partial charge in [0.05, 0.1) is 18.9 Å². The number of aryl methyl sites for hydroxylation is 1. The van der Waals surface area contributed by atoms with Crippen LogP contribution >= 0.6 is 0 Å². The number of fused-ring (bicyclic) bond motifs is 1. The Balaban J connectivity index is 1.80. The molecular weight excluding hydrogens is 208 g/mol. The molecule has 0 amide bonds. The standard InChI is InChI=1S/C15H18N2/c1-11-3-2-4-13-7-12(5-6-15(11)13)8-14-9-16-10-17-14/h2-4,7,10,14H,5-6,8-9H2,1H3,(H,16,17). The number of nitrogens with one attached hydrogen (secondary N) is 1. The van der Waals surface area contributed by atoms with Gasteiger partial charge in [0.15, 0.2) is 0 Å². The first-order valence-electron chi connectivity index (χ1n) is 6.35. The molecule has 3 rings (SSSR count). The van der Waals surface area contributed by atoms with Gasteiger partial charge in [-0.1, -0.05) is 29.8 Å². The molecule has 0 bridgehead atoms. The molecule has 17 heavy (non-hydrogen) atoms. The van der Waals surface area contributed by atoms with Gasteiger partial charge in [0.2, 0.25) is 0 Å². The summed E-state index contributed by atoms with van der Waals surface area (Å²) < 4.78 is 0. The average Bonchev–Trinajstić information content (AvgIpc) is 2.82. The molecule has 0 radical (unpaired) electrons. The van der Waals surface area contributed by atoms with Crippen LogP contribution in [0.4, 0.5) is 0 Å². The van der Waals surface area contributed by atoms with E-state index in [1.54, 1.807) is 5.57 Å². The van der Waals surface area contributed by atoms with Crippen LogP contribution in [-0.4, -0.2) is 18.9 Å². The average molecular weight is 226 g/mol. The van der Waals surface area contributed by atoms with Crippen molar-refractivity contribution in [3.8, 4) is 0 Å². The molecule has 2 nitrogen and oxygen atoms in total. The lowest BCUT2D eigenvalue weighted by molar-refractivity contribution is 0.636. The lowest BCUT2D eigenvalue weighted by atomic mass is 9.87. The minimum Gasteiger partial charge on any atom is -0.372 e. The second-order valence-corrected chi connectivity index (χ2v) is 5.01. The first kappa shape index (κ1) is 10.6. The highest BCUT2D eigenvalue weighted by atomic mass is 15.0. The summed E-state index contributed by atoms with van der Waals surface area (Å²) in [7, 11) is 0. The van der Waals surface area contributed by atoms with Gasteiger partial charge in [0, 0.05) is 0 Å². The minimum atomic E-state index is 0.521. The van der Waals surface area contributed by atoms with E-state index in [2.05, 4.69) is 41.5 Å². The van der Waals surface area contributed by atoms with Crippen molar-refractivity contribution < 1.29 is 0 Å². The van der Waals surface area contributed by atoms with Crippen LogP contribution in [0.2, 0.25) is 0 Å². The van der Waals surface area contributed by atoms with Gasteiger partial charge < -0.3 is 5.32 Å². The Morgan fingerprint density at radius 1 is 1.35 bits per heavy atom. The molecule has 1 atom stereocenters. The fraction of sp³-hybridized carbons (Fsp3) is 0.400. The highest BCUT2D eigenvalue weighted by molar-refractivity contribution is 5.62. The minimum absolute atomic E-state index is 0.521. The van der Waals surface area contributed by atoms with Crippen LogP contribution in [0.15, 0.2) is 28.8 Å². The normalized spacial score (nSPS) is 21.9. The van der Waals surface area contributed by atoms with Gasteiger partial charge in [-0.2, -0.15) is 0 Å². The molecule has 1 heterocycles. The zero-order valence-corrected chi connectivity index (χ0v) is 10.2. The van der Waals surface area contributed by atoms with Crippen LogP contribution in [0.25, 0.3) is 6.08 Å². The van der Waals surface area contributed by atoms with Crippen LogP contribution in [-0.2, 0) is 6.42 Å². The first-order valence-corrected chi connectivity index (χ1v) is 6.35. The van der Waals surface area contributed by atoms with Crippen molar-refractivity contribution in [2.45, 2.75) is 32.2 Å². The SMILES string of the molecule is Cc1cccc2c1CCC(CC1CN=CN1)=C2. The maximum Gasteiger partial charge on any atom is 0.0827 e. The summed E-state index contributed by atoms with van der Waals surface area (Å²) in [5.41, 5.74) is 5.95. The number of hydrogen-bond donors (Lipinski definition) is 1. The Morgan fingerprint density at radius 3 is 3.12 bits per heavy atom. The molecular formula is C15H18N2. The Kier molecular flexibility index (Phi) is 2.71. The molecule has 0 spiro atoms. The van der Waals surface area contributed by atoms with Crippen molar-refractivity contribution >= 4 is 12.4 Å². The van der Waals surface area contributed by atoms with Gasteiger partial charge in [-0.25, -0.2) is 0 Å². The summed E-state index contributed by atoms with van der Waals surface area (Å²) in [6, 6.07) is 7.13. The number of rotatable bonds is 2. The largest absolute Gasteiger partial charge is 0.372 e. The van der Waals surface area contributed by atoms with Crippen LogP contribution < -0.4 is 5.32 Å². The lowest BCUT2D eigenvalue weighted by Gasteiger charge is -2.20. The summed E-state index contributed by atoms with van der Waals surface area (Å²) >= 11 is 0. The molecule has 0 aromatic heterocycles. The maximum absolute atomic E-state index is 4.23. The van der Waals surface area contributed by atoms with Crippen molar-refractivity contribution in [2.75, 3.05) is 6.54 Å². The van der Waals surface area contributed by atoms with E-state index in [9.17, 15) is 0 Å². The molecule has 1 aliphatic heterocycles. The van der Waals surface area contributed by atoms with Gasteiger partial charge >= 0.3 is 0 Å². The molecule has 2 heteroatoms. The van der Waals surface area contributed by atoms with E-state index in [-0.39, 0.29) is 0 Å². The third-order valence-corrected chi connectivity index (χ3v) is 3.74. The quantitative estimate of drug-likeness (QED) is 0.824. The summed E-state index contributed by atoms with van der Waals surface area (Å²) in [6.45, 7) is 3.14. The smallest absolute Gasteiger partial charge is 0.0827 e. The molecule has 1 unspecified atom stereocenters. The Hall–Kier alpha value is -1.57. The van der Waals surface area contributed by atoms with E-state index in [0.29, 0.717) is 6.04 Å². The van der Waals surface area contributed by atoms with Gasteiger partial charge in [0.25, 0.3) is 0 Å². The van der Waals surface area contributed by atoms with Gasteiger partial charge in [0.1, 0.15) is 0 Å². The second-order valence-electron chi connectivity index (χ2n) is 5.01. The fourth-order valence-corrected chi connectivity index (χ4v) is 2.77. The monoisotopic (exact) mass is 226 g/mol. The van der Waals surface area contributed by atoms with Crippen LogP contribution in [0.1, 0.15) is 29.5 Å². The lowest BCUT2D eigenvalue weighted by Crippen LogP contribution is -2.25. The third-order valence-electron chi connectivity index (χ3n) is 3.74. The van der Waals surface area contributed by atoms with Crippen LogP contribution in [0.3, 0.4) is 0 Å². The summed E-state index contributed by atoms with van der Waals surface area (Å²) in [5, 5.41) is 3.31. The molecule has 0 fully saturated rings. The van der Waals surface area contributed by atoms with E-state index in [4.69, 9.17) is 0 Å². The summed E-state index contributed by atoms with van der Waals surface area (Å²) in [6.07, 6.45) is 7.75. The first-order chi connectivity index (χ1) is 8.33. The zero-order chi connectivity index (χ0) is 11.7. The number of nitrogens with zero attached hydrogens (tertiary/aromatic N) is 1. The van der Waals surface area contributed by atoms with Gasteiger partial charge in [-0.3, -0.25) is 4.99 Å². The zero-order valence-electron chi connectivity index (χ0n) is 10.2. The number of aliphatic imine (C=N–C) groups is 1. The Morgan fingerprint density at radius 2 is 2.29 bits per heavy atom. The Bertz CT molecular complexity index is 478. The maximum atomic E-state index is 4.23. The van der Waals surface area contributed by atoms with Gasteiger partial charge in [-0.15, -0.1) is 0 Å². The predicted octanol–water partition coefficient (Wildman–Crippen LogP) is 2.71. The second kappa shape index (κ2) is 4.36. The van der Waals surface area contributed by atoms with Crippen LogP contribution in [0, 0.1) is 6.92 Å². The fourth-order valence-electron chi connectivity index (χ4n) is 2.77. The van der Waals surface area contributed by atoms with Crippen molar-refractivity contribution in [3.05, 3.63) is 40.5 Å². The highest BCUT2D eigenvalue weighted by Crippen LogP contribution is 2.28. The molecule has 1 N–H and O–H groups in total. The Labute approximate surface area is 102 Å². The van der Waals surface area contributed by atoms with Crippen LogP contribution in [0.5, 0.6) is 0 Å². The molecule has 1 aliphatic carbocycles. The summed E-state index contributed by atoms with van der Waals surface area (Å²) in [5.74, 6) is 0. The number of hydrogen-bond acceptors (Lipinski definition) is 2. The van der Waals surface area contributed by atoms with E-state index in [1.165, 1.54) is 29.5 Å². The van der Waals surface area contributed by atoms with E-state index in [0.717, 1.165) is 13.0 Å². The van der Waals surface area contributed by atoms with E-state index in [1.807, 2.05) is 6.34 Å². The van der Waals surface area contributed by atoms with Gasteiger partial charge in [-0.05, 0) is 42.9 Å². The predicted molar refractivity (Wildman–Crippen MR) is 72.4 cm³/mol. The molecule has 1 aromatic rings. The summed E-state index contributed by atoms with van der Waals surface area (Å²) in [4.78, 5) is 4.23. The van der Waals surface area contributed by atoms with E-state index >= 15 is 0 Å². The van der Waals surface area contributed by atoms with E-state index < -0.39 is 0 Å². The molecule has 0 saturated carbocycles.